The van der Waals surface area contributed by atoms with Crippen LogP contribution in [0.2, 0.25) is 10.2 Å². The third-order valence-corrected chi connectivity index (χ3v) is 5.08. The molecule has 1 aliphatic rings. The Kier molecular flexibility index (Phi) is 5.53. The van der Waals surface area contributed by atoms with E-state index in [-0.39, 0.29) is 46.4 Å². The van der Waals surface area contributed by atoms with E-state index < -0.39 is 11.9 Å². The van der Waals surface area contributed by atoms with Gasteiger partial charge in [-0.1, -0.05) is 35.3 Å². The van der Waals surface area contributed by atoms with Crippen molar-refractivity contribution in [1.82, 2.24) is 14.8 Å². The van der Waals surface area contributed by atoms with E-state index in [4.69, 9.17) is 33.7 Å². The minimum atomic E-state index is -0.981. The van der Waals surface area contributed by atoms with Crippen molar-refractivity contribution in [2.24, 2.45) is 0 Å². The van der Waals surface area contributed by atoms with Crippen molar-refractivity contribution < 1.29 is 14.3 Å². The molecule has 27 heavy (non-hydrogen) atoms. The van der Waals surface area contributed by atoms with E-state index in [0.717, 1.165) is 0 Å². The van der Waals surface area contributed by atoms with Gasteiger partial charge in [0, 0.05) is 31.2 Å². The second-order valence-electron chi connectivity index (χ2n) is 6.26. The average molecular weight is 411 g/mol. The van der Waals surface area contributed by atoms with Gasteiger partial charge in [0.1, 0.15) is 16.8 Å². The molecule has 142 valence electrons. The summed E-state index contributed by atoms with van der Waals surface area (Å²) >= 11 is 12.6. The predicted molar refractivity (Wildman–Crippen MR) is 102 cm³/mol. The third kappa shape index (κ3) is 3.84. The Bertz CT molecular complexity index is 909. The molecule has 2 N–H and O–H groups in total. The molecule has 0 radical (unpaired) electrons. The summed E-state index contributed by atoms with van der Waals surface area (Å²) < 4.78 is 14.0. The highest BCUT2D eigenvalue weighted by atomic mass is 35.5. The van der Waals surface area contributed by atoms with Crippen molar-refractivity contribution in [3.8, 4) is 11.3 Å². The van der Waals surface area contributed by atoms with Crippen LogP contribution in [0.4, 0.5) is 9.18 Å². The number of rotatable bonds is 2. The Morgan fingerprint density at radius 3 is 2.67 bits per heavy atom. The van der Waals surface area contributed by atoms with Gasteiger partial charge < -0.3 is 14.9 Å². The molecule has 2 aromatic rings. The first-order valence-corrected chi connectivity index (χ1v) is 8.99. The molecule has 0 aliphatic carbocycles. The molecule has 1 saturated heterocycles. The number of benzene rings is 1. The highest BCUT2D eigenvalue weighted by Crippen LogP contribution is 2.32. The monoisotopic (exact) mass is 410 g/mol. The van der Waals surface area contributed by atoms with Crippen LogP contribution < -0.4 is 0 Å². The first kappa shape index (κ1) is 19.4. The molecule has 0 bridgehead atoms. The predicted octanol–water partition coefficient (Wildman–Crippen LogP) is 4.20. The van der Waals surface area contributed by atoms with Crippen LogP contribution in [0.15, 0.2) is 30.3 Å². The molecule has 2 heterocycles. The fourth-order valence-corrected chi connectivity index (χ4v) is 3.57. The number of carbonyl (C=O) groups is 1. The number of amidine groups is 1. The van der Waals surface area contributed by atoms with Crippen LogP contribution in [0.5, 0.6) is 0 Å². The number of halogens is 3. The van der Waals surface area contributed by atoms with Crippen LogP contribution >= 0.6 is 23.2 Å². The number of hydrogen-bond donors (Lipinski definition) is 2. The van der Waals surface area contributed by atoms with Crippen molar-refractivity contribution in [3.05, 3.63) is 51.9 Å². The van der Waals surface area contributed by atoms with E-state index >= 15 is 0 Å². The van der Waals surface area contributed by atoms with E-state index in [1.165, 1.54) is 17.0 Å². The molecular weight excluding hydrogens is 394 g/mol. The van der Waals surface area contributed by atoms with Gasteiger partial charge in [-0.25, -0.2) is 14.2 Å². The zero-order valence-electron chi connectivity index (χ0n) is 14.4. The number of hydrogen-bond acceptors (Lipinski definition) is 3. The van der Waals surface area contributed by atoms with Crippen molar-refractivity contribution in [2.45, 2.75) is 13.0 Å². The normalized spacial score (nSPS) is 17.1. The molecule has 3 rings (SSSR count). The molecule has 1 aromatic carbocycles. The summed E-state index contributed by atoms with van der Waals surface area (Å²) in [4.78, 5) is 18.4. The zero-order chi connectivity index (χ0) is 19.7. The second kappa shape index (κ2) is 7.70. The standard InChI is InChI=1S/C18H17Cl2FN4O2/c1-10-9-24(18(26)27)6-7-25(10)17(22)12-8-13(19)15(23-16(12)20)11-4-2-3-5-14(11)21/h2-5,8,10,22H,6-7,9H2,1H3,(H,26,27)/t10-/m0/s1. The molecule has 1 aromatic heterocycles. The molecule has 9 heteroatoms. The molecule has 0 spiro atoms. The largest absolute Gasteiger partial charge is 0.465 e. The van der Waals surface area contributed by atoms with E-state index in [1.807, 2.05) is 6.92 Å². The molecule has 0 unspecified atom stereocenters. The summed E-state index contributed by atoms with van der Waals surface area (Å²) in [6.45, 7) is 2.76. The van der Waals surface area contributed by atoms with Crippen molar-refractivity contribution in [3.63, 3.8) is 0 Å². The first-order chi connectivity index (χ1) is 12.8. The Morgan fingerprint density at radius 1 is 1.33 bits per heavy atom. The minimum absolute atomic E-state index is 0.0375. The first-order valence-electron chi connectivity index (χ1n) is 8.24. The Hall–Kier alpha value is -2.38. The maximum absolute atomic E-state index is 14.0. The van der Waals surface area contributed by atoms with E-state index in [0.29, 0.717) is 12.1 Å². The topological polar surface area (TPSA) is 80.5 Å². The fourth-order valence-electron chi connectivity index (χ4n) is 3.09. The van der Waals surface area contributed by atoms with Crippen LogP contribution in [0.3, 0.4) is 0 Å². The SMILES string of the molecule is C[C@H]1CN(C(=O)O)CCN1C(=N)c1cc(Cl)c(-c2ccccc2F)nc1Cl. The van der Waals surface area contributed by atoms with Crippen LogP contribution in [0.25, 0.3) is 11.3 Å². The smallest absolute Gasteiger partial charge is 0.407 e. The molecule has 1 aliphatic heterocycles. The number of pyridine rings is 1. The van der Waals surface area contributed by atoms with Crippen molar-refractivity contribution in [1.29, 1.82) is 5.41 Å². The summed E-state index contributed by atoms with van der Waals surface area (Å²) in [7, 11) is 0. The lowest BCUT2D eigenvalue weighted by Crippen LogP contribution is -2.55. The molecule has 0 saturated carbocycles. The highest BCUT2D eigenvalue weighted by Gasteiger charge is 2.30. The van der Waals surface area contributed by atoms with Gasteiger partial charge in [0.2, 0.25) is 0 Å². The number of carboxylic acid groups (broad SMARTS) is 1. The van der Waals surface area contributed by atoms with E-state index in [2.05, 4.69) is 4.98 Å². The quantitative estimate of drug-likeness (QED) is 0.441. The van der Waals surface area contributed by atoms with Gasteiger partial charge in [-0.15, -0.1) is 0 Å². The number of nitrogens with zero attached hydrogens (tertiary/aromatic N) is 3. The van der Waals surface area contributed by atoms with Crippen molar-refractivity contribution >= 4 is 35.1 Å². The van der Waals surface area contributed by atoms with Gasteiger partial charge in [-0.3, -0.25) is 5.41 Å². The average Bonchev–Trinajstić information content (AvgIpc) is 2.63. The second-order valence-corrected chi connectivity index (χ2v) is 7.02. The van der Waals surface area contributed by atoms with Gasteiger partial charge in [0.15, 0.2) is 0 Å². The molecule has 1 atom stereocenters. The summed E-state index contributed by atoms with van der Waals surface area (Å²) in [5.41, 5.74) is 0.753. The lowest BCUT2D eigenvalue weighted by Gasteiger charge is -2.40. The van der Waals surface area contributed by atoms with Gasteiger partial charge in [-0.2, -0.15) is 0 Å². The van der Waals surface area contributed by atoms with Gasteiger partial charge >= 0.3 is 6.09 Å². The van der Waals surface area contributed by atoms with Crippen LogP contribution in [0, 0.1) is 11.2 Å². The fraction of sp³-hybridized carbons (Fsp3) is 0.278. The Labute approximate surface area is 165 Å². The summed E-state index contributed by atoms with van der Waals surface area (Å²) in [6.07, 6.45) is -0.981. The van der Waals surface area contributed by atoms with Crippen molar-refractivity contribution in [2.75, 3.05) is 19.6 Å². The maximum atomic E-state index is 14.0. The van der Waals surface area contributed by atoms with E-state index in [9.17, 15) is 9.18 Å². The van der Waals surface area contributed by atoms with Crippen LogP contribution in [-0.2, 0) is 0 Å². The lowest BCUT2D eigenvalue weighted by atomic mass is 10.1. The summed E-state index contributed by atoms with van der Waals surface area (Å²) in [5.74, 6) is -0.365. The number of piperazine rings is 1. The van der Waals surface area contributed by atoms with Crippen LogP contribution in [0.1, 0.15) is 12.5 Å². The number of amides is 1. The molecule has 1 fully saturated rings. The molecule has 6 nitrogen and oxygen atoms in total. The van der Waals surface area contributed by atoms with Crippen LogP contribution in [-0.4, -0.2) is 57.5 Å². The number of aromatic nitrogens is 1. The van der Waals surface area contributed by atoms with Gasteiger partial charge in [-0.05, 0) is 25.1 Å². The third-order valence-electron chi connectivity index (χ3n) is 4.50. The lowest BCUT2D eigenvalue weighted by molar-refractivity contribution is 0.105. The Balaban J connectivity index is 1.90. The highest BCUT2D eigenvalue weighted by molar-refractivity contribution is 6.36. The summed E-state index contributed by atoms with van der Waals surface area (Å²) in [5, 5.41) is 17.8. The maximum Gasteiger partial charge on any atom is 0.407 e. The molecule has 1 amide bonds. The number of nitrogens with one attached hydrogen (secondary N) is 1. The Morgan fingerprint density at radius 2 is 2.04 bits per heavy atom. The zero-order valence-corrected chi connectivity index (χ0v) is 15.9. The minimum Gasteiger partial charge on any atom is -0.465 e. The summed E-state index contributed by atoms with van der Waals surface area (Å²) in [6, 6.07) is 7.39. The van der Waals surface area contributed by atoms with Gasteiger partial charge in [0.25, 0.3) is 0 Å². The van der Waals surface area contributed by atoms with Gasteiger partial charge in [0.05, 0.1) is 16.3 Å². The van der Waals surface area contributed by atoms with E-state index in [1.54, 1.807) is 23.1 Å². The molecular formula is C18H17Cl2FN4O2.